The fourth-order valence-electron chi connectivity index (χ4n) is 4.45. The molecule has 1 heterocycles. The summed E-state index contributed by atoms with van der Waals surface area (Å²) in [6.45, 7) is 4.42. The van der Waals surface area contributed by atoms with Crippen LogP contribution in [0.2, 0.25) is 0 Å². The van der Waals surface area contributed by atoms with Crippen molar-refractivity contribution in [3.63, 3.8) is 0 Å². The third-order valence-electron chi connectivity index (χ3n) is 6.33. The number of sulfonamides is 1. The van der Waals surface area contributed by atoms with Crippen LogP contribution in [0, 0.1) is 0 Å². The molecule has 3 aromatic carbocycles. The maximum atomic E-state index is 13.7. The number of hydrogen-bond acceptors (Lipinski definition) is 6. The molecule has 37 heavy (non-hydrogen) atoms. The van der Waals surface area contributed by atoms with E-state index in [1.54, 1.807) is 26.2 Å². The standard InChI is InChI=1S/C27H31ClN4O4S/c1-20(21-8-4-3-5-9-21)30-37(34,35)26-18-22(29-27(33)19-28)12-13-24(26)32-16-14-31(15-17-32)23-10-6-7-11-25(23)36-2/h3-13,18,20,30H,14-17,19H2,1-2H3,(H,29,33). The van der Waals surface area contributed by atoms with Crippen molar-refractivity contribution in [1.82, 2.24) is 4.72 Å². The van der Waals surface area contributed by atoms with Crippen LogP contribution in [0.25, 0.3) is 0 Å². The number of amides is 1. The van der Waals surface area contributed by atoms with E-state index in [4.69, 9.17) is 16.3 Å². The topological polar surface area (TPSA) is 91.0 Å². The second-order valence-corrected chi connectivity index (χ2v) is 10.7. The van der Waals surface area contributed by atoms with Crippen LogP contribution in [-0.2, 0) is 14.8 Å². The van der Waals surface area contributed by atoms with Crippen LogP contribution >= 0.6 is 11.6 Å². The van der Waals surface area contributed by atoms with Crippen molar-refractivity contribution in [3.05, 3.63) is 78.4 Å². The Kier molecular flexibility index (Phi) is 8.58. The van der Waals surface area contributed by atoms with Crippen molar-refractivity contribution in [2.75, 3.05) is 54.3 Å². The average Bonchev–Trinajstić information content (AvgIpc) is 2.93. The third kappa shape index (κ3) is 6.36. The van der Waals surface area contributed by atoms with Gasteiger partial charge in [0.05, 0.1) is 18.5 Å². The van der Waals surface area contributed by atoms with Crippen molar-refractivity contribution in [3.8, 4) is 5.75 Å². The zero-order valence-corrected chi connectivity index (χ0v) is 22.4. The van der Waals surface area contributed by atoms with E-state index in [2.05, 4.69) is 19.8 Å². The quantitative estimate of drug-likeness (QED) is 0.393. The fraction of sp³-hybridized carbons (Fsp3) is 0.296. The molecule has 1 fully saturated rings. The molecule has 1 aliphatic rings. The first-order valence-corrected chi connectivity index (χ1v) is 14.0. The van der Waals surface area contributed by atoms with E-state index in [0.29, 0.717) is 37.6 Å². The first-order chi connectivity index (χ1) is 17.8. The number of alkyl halides is 1. The van der Waals surface area contributed by atoms with Crippen LogP contribution in [-0.4, -0.2) is 53.5 Å². The van der Waals surface area contributed by atoms with Gasteiger partial charge in [-0.3, -0.25) is 4.79 Å². The highest BCUT2D eigenvalue weighted by atomic mass is 35.5. The van der Waals surface area contributed by atoms with E-state index >= 15 is 0 Å². The minimum absolute atomic E-state index is 0.105. The molecule has 8 nitrogen and oxygen atoms in total. The molecule has 3 aromatic rings. The van der Waals surface area contributed by atoms with Crippen LogP contribution in [0.15, 0.2) is 77.7 Å². The number of benzene rings is 3. The van der Waals surface area contributed by atoms with E-state index in [9.17, 15) is 13.2 Å². The predicted molar refractivity (Wildman–Crippen MR) is 148 cm³/mol. The summed E-state index contributed by atoms with van der Waals surface area (Å²) in [5, 5.41) is 2.66. The number of anilines is 3. The Balaban J connectivity index is 1.61. The Labute approximate surface area is 223 Å². The molecule has 1 amide bonds. The highest BCUT2D eigenvalue weighted by Crippen LogP contribution is 2.33. The molecule has 196 valence electrons. The summed E-state index contributed by atoms with van der Waals surface area (Å²) in [4.78, 5) is 16.3. The second kappa shape index (κ2) is 11.9. The Morgan fingerprint density at radius 2 is 1.57 bits per heavy atom. The Bertz CT molecular complexity index is 1330. The molecule has 1 atom stereocenters. The van der Waals surface area contributed by atoms with Gasteiger partial charge in [-0.05, 0) is 42.8 Å². The Morgan fingerprint density at radius 1 is 0.946 bits per heavy atom. The van der Waals surface area contributed by atoms with Crippen LogP contribution in [0.3, 0.4) is 0 Å². The maximum absolute atomic E-state index is 13.7. The molecule has 0 saturated carbocycles. The molecule has 0 aliphatic carbocycles. The molecule has 0 radical (unpaired) electrons. The largest absolute Gasteiger partial charge is 0.495 e. The lowest BCUT2D eigenvalue weighted by molar-refractivity contribution is -0.113. The number of piperazine rings is 1. The molecule has 0 spiro atoms. The van der Waals surface area contributed by atoms with Gasteiger partial charge in [0.1, 0.15) is 16.5 Å². The summed E-state index contributed by atoms with van der Waals surface area (Å²) in [7, 11) is -2.29. The van der Waals surface area contributed by atoms with E-state index in [-0.39, 0.29) is 10.8 Å². The first-order valence-electron chi connectivity index (χ1n) is 12.0. The highest BCUT2D eigenvalue weighted by molar-refractivity contribution is 7.89. The van der Waals surface area contributed by atoms with Gasteiger partial charge in [-0.15, -0.1) is 11.6 Å². The van der Waals surface area contributed by atoms with Gasteiger partial charge in [-0.25, -0.2) is 13.1 Å². The van der Waals surface area contributed by atoms with Gasteiger partial charge in [-0.1, -0.05) is 42.5 Å². The summed E-state index contributed by atoms with van der Waals surface area (Å²) in [6.07, 6.45) is 0. The van der Waals surface area contributed by atoms with Gasteiger partial charge in [0, 0.05) is 37.9 Å². The molecule has 0 aromatic heterocycles. The molecule has 0 bridgehead atoms. The highest BCUT2D eigenvalue weighted by Gasteiger charge is 2.28. The zero-order chi connectivity index (χ0) is 26.4. The predicted octanol–water partition coefficient (Wildman–Crippen LogP) is 4.24. The number of para-hydroxylation sites is 2. The molecule has 1 aliphatic heterocycles. The van der Waals surface area contributed by atoms with E-state index < -0.39 is 22.0 Å². The van der Waals surface area contributed by atoms with Gasteiger partial charge in [0.15, 0.2) is 0 Å². The number of carbonyl (C=O) groups excluding carboxylic acids is 1. The smallest absolute Gasteiger partial charge is 0.243 e. The maximum Gasteiger partial charge on any atom is 0.243 e. The van der Waals surface area contributed by atoms with Crippen molar-refractivity contribution in [2.45, 2.75) is 17.9 Å². The van der Waals surface area contributed by atoms with Gasteiger partial charge in [0.2, 0.25) is 15.9 Å². The van der Waals surface area contributed by atoms with Crippen LogP contribution < -0.4 is 24.6 Å². The average molecular weight is 543 g/mol. The second-order valence-electron chi connectivity index (χ2n) is 8.76. The number of hydrogen-bond donors (Lipinski definition) is 2. The minimum atomic E-state index is -3.94. The fourth-order valence-corrected chi connectivity index (χ4v) is 6.00. The Hall–Kier alpha value is -3.27. The van der Waals surface area contributed by atoms with Gasteiger partial charge >= 0.3 is 0 Å². The lowest BCUT2D eigenvalue weighted by atomic mass is 10.1. The third-order valence-corrected chi connectivity index (χ3v) is 8.14. The number of methoxy groups -OCH3 is 1. The van der Waals surface area contributed by atoms with E-state index in [0.717, 1.165) is 17.0 Å². The molecular formula is C27H31ClN4O4S. The number of ether oxygens (including phenoxy) is 1. The number of nitrogens with zero attached hydrogens (tertiary/aromatic N) is 2. The van der Waals surface area contributed by atoms with Gasteiger partial charge < -0.3 is 19.9 Å². The number of carbonyl (C=O) groups is 1. The summed E-state index contributed by atoms with van der Waals surface area (Å²) < 4.78 is 35.6. The molecule has 1 saturated heterocycles. The lowest BCUT2D eigenvalue weighted by Crippen LogP contribution is -2.47. The van der Waals surface area contributed by atoms with Crippen molar-refractivity contribution in [2.24, 2.45) is 0 Å². The van der Waals surface area contributed by atoms with E-state index in [1.165, 1.54) is 6.07 Å². The van der Waals surface area contributed by atoms with Gasteiger partial charge in [-0.2, -0.15) is 0 Å². The molecular weight excluding hydrogens is 512 g/mol. The summed E-state index contributed by atoms with van der Waals surface area (Å²) in [5.41, 5.74) is 2.81. The molecule has 2 N–H and O–H groups in total. The summed E-state index contributed by atoms with van der Waals surface area (Å²) >= 11 is 5.64. The molecule has 1 unspecified atom stereocenters. The van der Waals surface area contributed by atoms with Crippen molar-refractivity contribution >= 4 is 44.6 Å². The van der Waals surface area contributed by atoms with Crippen LogP contribution in [0.4, 0.5) is 17.1 Å². The minimum Gasteiger partial charge on any atom is -0.495 e. The summed E-state index contributed by atoms with van der Waals surface area (Å²) in [5.74, 6) is 0.171. The monoisotopic (exact) mass is 542 g/mol. The van der Waals surface area contributed by atoms with Crippen LogP contribution in [0.5, 0.6) is 5.75 Å². The number of halogens is 1. The number of rotatable bonds is 9. The lowest BCUT2D eigenvalue weighted by Gasteiger charge is -2.38. The van der Waals surface area contributed by atoms with Crippen LogP contribution in [0.1, 0.15) is 18.5 Å². The SMILES string of the molecule is COc1ccccc1N1CCN(c2ccc(NC(=O)CCl)cc2S(=O)(=O)NC(C)c2ccccc2)CC1. The molecule has 4 rings (SSSR count). The summed E-state index contributed by atoms with van der Waals surface area (Å²) in [6, 6.07) is 21.7. The van der Waals surface area contributed by atoms with Crippen molar-refractivity contribution in [1.29, 1.82) is 0 Å². The zero-order valence-electron chi connectivity index (χ0n) is 20.9. The van der Waals surface area contributed by atoms with Gasteiger partial charge in [0.25, 0.3) is 0 Å². The Morgan fingerprint density at radius 3 is 2.22 bits per heavy atom. The first kappa shape index (κ1) is 26.8. The number of nitrogens with one attached hydrogen (secondary N) is 2. The normalized spacial score (nSPS) is 14.8. The van der Waals surface area contributed by atoms with E-state index in [1.807, 2.05) is 54.6 Å². The molecule has 10 heteroatoms. The van der Waals surface area contributed by atoms with Crippen molar-refractivity contribution < 1.29 is 17.9 Å².